The predicted molar refractivity (Wildman–Crippen MR) is 119 cm³/mol. The molecule has 0 amide bonds. The van der Waals surface area contributed by atoms with E-state index in [-0.39, 0.29) is 0 Å². The summed E-state index contributed by atoms with van der Waals surface area (Å²) in [6.07, 6.45) is 16.2. The fourth-order valence-corrected chi connectivity index (χ4v) is 10.5. The van der Waals surface area contributed by atoms with Crippen LogP contribution in [0.1, 0.15) is 105 Å². The molecule has 2 N–H and O–H groups in total. The maximum Gasteiger partial charge on any atom is 0.0106 e. The van der Waals surface area contributed by atoms with Gasteiger partial charge < -0.3 is 5.73 Å². The van der Waals surface area contributed by atoms with Crippen molar-refractivity contribution >= 4 is 0 Å². The lowest BCUT2D eigenvalue weighted by Gasteiger charge is -2.61. The highest BCUT2D eigenvalue weighted by Crippen LogP contribution is 2.81. The second kappa shape index (κ2) is 6.48. The van der Waals surface area contributed by atoms with Gasteiger partial charge in [0.15, 0.2) is 0 Å². The fourth-order valence-electron chi connectivity index (χ4n) is 10.5. The zero-order chi connectivity index (χ0) is 19.9. The van der Waals surface area contributed by atoms with Crippen LogP contribution in [0, 0.1) is 57.7 Å². The Bertz CT molecular complexity index is 611. The molecule has 5 saturated carbocycles. The molecule has 0 heterocycles. The Balaban J connectivity index is 1.34. The van der Waals surface area contributed by atoms with Crippen LogP contribution in [-0.2, 0) is 0 Å². The van der Waals surface area contributed by atoms with Crippen LogP contribution in [0.4, 0.5) is 0 Å². The molecule has 5 rings (SSSR count). The van der Waals surface area contributed by atoms with E-state index in [0.29, 0.717) is 22.3 Å². The zero-order valence-corrected chi connectivity index (χ0v) is 19.5. The van der Waals surface area contributed by atoms with Gasteiger partial charge in [0.2, 0.25) is 0 Å². The van der Waals surface area contributed by atoms with Gasteiger partial charge >= 0.3 is 0 Å². The molecular weight excluding hydrogens is 338 g/mol. The van der Waals surface area contributed by atoms with Crippen molar-refractivity contribution in [3.8, 4) is 0 Å². The van der Waals surface area contributed by atoms with Gasteiger partial charge in [0.25, 0.3) is 0 Å². The highest BCUT2D eigenvalue weighted by atomic mass is 14.9. The first-order chi connectivity index (χ1) is 13.2. The number of rotatable bonds is 5. The van der Waals surface area contributed by atoms with Crippen molar-refractivity contribution in [2.24, 2.45) is 63.4 Å². The van der Waals surface area contributed by atoms with Gasteiger partial charge in [0.05, 0.1) is 0 Å². The molecule has 0 aromatic heterocycles. The highest BCUT2D eigenvalue weighted by molar-refractivity contribution is 5.26. The van der Waals surface area contributed by atoms with Crippen LogP contribution in [0.2, 0.25) is 0 Å². The summed E-state index contributed by atoms with van der Waals surface area (Å²) in [7, 11) is 0. The maximum absolute atomic E-state index is 7.00. The van der Waals surface area contributed by atoms with E-state index in [9.17, 15) is 0 Å². The van der Waals surface area contributed by atoms with Crippen molar-refractivity contribution in [3.63, 3.8) is 0 Å². The quantitative estimate of drug-likeness (QED) is 0.539. The molecule has 0 aliphatic heterocycles. The molecule has 5 fully saturated rings. The molecule has 5 aliphatic rings. The monoisotopic (exact) mass is 385 g/mol. The molecule has 0 saturated heterocycles. The summed E-state index contributed by atoms with van der Waals surface area (Å²) in [4.78, 5) is 0. The molecule has 10 atom stereocenters. The lowest BCUT2D eigenvalue weighted by atomic mass is 9.45. The number of hydrogen-bond acceptors (Lipinski definition) is 1. The highest BCUT2D eigenvalue weighted by Gasteiger charge is 2.76. The minimum Gasteiger partial charge on any atom is -0.327 e. The summed E-state index contributed by atoms with van der Waals surface area (Å²) in [5.41, 5.74) is 8.77. The van der Waals surface area contributed by atoms with Gasteiger partial charge in [-0.25, -0.2) is 0 Å². The minimum atomic E-state index is 0.510. The number of nitrogens with two attached hydrogens (primary N) is 1. The van der Waals surface area contributed by atoms with Gasteiger partial charge in [-0.1, -0.05) is 53.9 Å². The summed E-state index contributed by atoms with van der Waals surface area (Å²) in [6.45, 7) is 12.8. The van der Waals surface area contributed by atoms with Gasteiger partial charge in [0, 0.05) is 6.04 Å². The maximum atomic E-state index is 7.00. The van der Waals surface area contributed by atoms with E-state index in [0.717, 1.165) is 41.4 Å². The molecule has 160 valence electrons. The van der Waals surface area contributed by atoms with Crippen LogP contribution < -0.4 is 5.73 Å². The summed E-state index contributed by atoms with van der Waals surface area (Å²) in [5, 5.41) is 0. The molecule has 0 bridgehead atoms. The Morgan fingerprint density at radius 3 is 2.43 bits per heavy atom. The van der Waals surface area contributed by atoms with E-state index < -0.39 is 0 Å². The van der Waals surface area contributed by atoms with Crippen LogP contribution >= 0.6 is 0 Å². The summed E-state index contributed by atoms with van der Waals surface area (Å²) in [5.74, 6) is 6.67. The van der Waals surface area contributed by atoms with Crippen LogP contribution in [0.3, 0.4) is 0 Å². The summed E-state index contributed by atoms with van der Waals surface area (Å²) < 4.78 is 0. The zero-order valence-electron chi connectivity index (χ0n) is 19.5. The van der Waals surface area contributed by atoms with Crippen LogP contribution in [0.15, 0.2) is 0 Å². The first-order valence-corrected chi connectivity index (χ1v) is 13.0. The lowest BCUT2D eigenvalue weighted by Crippen LogP contribution is -2.58. The molecule has 5 aliphatic carbocycles. The topological polar surface area (TPSA) is 26.0 Å². The van der Waals surface area contributed by atoms with Crippen molar-refractivity contribution in [1.82, 2.24) is 0 Å². The minimum absolute atomic E-state index is 0.510. The summed E-state index contributed by atoms with van der Waals surface area (Å²) >= 11 is 0. The van der Waals surface area contributed by atoms with Crippen LogP contribution in [0.5, 0.6) is 0 Å². The Morgan fingerprint density at radius 1 is 0.929 bits per heavy atom. The number of hydrogen-bond donors (Lipinski definition) is 1. The van der Waals surface area contributed by atoms with Crippen molar-refractivity contribution in [3.05, 3.63) is 0 Å². The third-order valence-electron chi connectivity index (χ3n) is 11.9. The normalized spacial score (nSPS) is 55.4. The third kappa shape index (κ3) is 2.47. The van der Waals surface area contributed by atoms with Crippen molar-refractivity contribution < 1.29 is 0 Å². The van der Waals surface area contributed by atoms with E-state index in [1.54, 1.807) is 0 Å². The van der Waals surface area contributed by atoms with Gasteiger partial charge in [-0.15, -0.1) is 0 Å². The van der Waals surface area contributed by atoms with Crippen LogP contribution in [-0.4, -0.2) is 6.04 Å². The van der Waals surface area contributed by atoms with E-state index in [2.05, 4.69) is 34.6 Å². The molecule has 10 unspecified atom stereocenters. The molecule has 0 radical (unpaired) electrons. The van der Waals surface area contributed by atoms with Crippen molar-refractivity contribution in [2.75, 3.05) is 0 Å². The van der Waals surface area contributed by atoms with Gasteiger partial charge in [-0.05, 0) is 109 Å². The second-order valence-electron chi connectivity index (χ2n) is 13.1. The summed E-state index contributed by atoms with van der Waals surface area (Å²) in [6, 6.07) is 0.510. The smallest absolute Gasteiger partial charge is 0.0106 e. The fraction of sp³-hybridized carbons (Fsp3) is 1.00. The standard InChI is InChI=1S/C27H47N/c1-17(2)7-6-8-18(3)21-9-10-22-20-15-24(28)27-16-19(27)11-14-26(27,5)23(20)12-13-25(21,22)4/h17-24H,6-16,28H2,1-5H3. The second-order valence-corrected chi connectivity index (χ2v) is 13.1. The molecule has 28 heavy (non-hydrogen) atoms. The molecule has 0 aromatic rings. The molecule has 0 aromatic carbocycles. The average molecular weight is 386 g/mol. The first kappa shape index (κ1) is 19.9. The van der Waals surface area contributed by atoms with Crippen LogP contribution in [0.25, 0.3) is 0 Å². The van der Waals surface area contributed by atoms with Crippen molar-refractivity contribution in [2.45, 2.75) is 111 Å². The average Bonchev–Trinajstić information content (AvgIpc) is 3.15. The van der Waals surface area contributed by atoms with Crippen molar-refractivity contribution in [1.29, 1.82) is 0 Å². The first-order valence-electron chi connectivity index (χ1n) is 13.0. The molecular formula is C27H47N. The van der Waals surface area contributed by atoms with Gasteiger partial charge in [-0.2, -0.15) is 0 Å². The van der Waals surface area contributed by atoms with E-state index >= 15 is 0 Å². The number of fused-ring (bicyclic) bond motifs is 4. The molecule has 1 heteroatoms. The van der Waals surface area contributed by atoms with E-state index in [4.69, 9.17) is 5.73 Å². The van der Waals surface area contributed by atoms with E-state index in [1.807, 2.05) is 0 Å². The lowest BCUT2D eigenvalue weighted by molar-refractivity contribution is -0.111. The third-order valence-corrected chi connectivity index (χ3v) is 11.9. The Labute approximate surface area is 175 Å². The molecule has 1 spiro atoms. The predicted octanol–water partition coefficient (Wildman–Crippen LogP) is 7.04. The van der Waals surface area contributed by atoms with E-state index in [1.165, 1.54) is 70.6 Å². The Morgan fingerprint density at radius 2 is 1.71 bits per heavy atom. The molecule has 1 nitrogen and oxygen atoms in total. The van der Waals surface area contributed by atoms with Gasteiger partial charge in [0.1, 0.15) is 0 Å². The Hall–Kier alpha value is -0.0400. The largest absolute Gasteiger partial charge is 0.327 e. The van der Waals surface area contributed by atoms with Gasteiger partial charge in [-0.3, -0.25) is 0 Å². The SMILES string of the molecule is CC(C)CCCC(C)C1CCC2C3CC(N)C45CC4CCC5(C)C3CCC12C. The Kier molecular flexibility index (Phi) is 4.60.